The van der Waals surface area contributed by atoms with Crippen molar-refractivity contribution in [2.45, 2.75) is 26.3 Å². The van der Waals surface area contributed by atoms with E-state index in [1.165, 1.54) is 23.0 Å². The Balaban J connectivity index is 1.47. The lowest BCUT2D eigenvalue weighted by Crippen LogP contribution is -2.23. The fraction of sp³-hybridized carbons (Fsp3) is 0.190. The zero-order chi connectivity index (χ0) is 22.2. The standard InChI is InChI=1S/C21H17F3N4O3/c1-12-5-6-16-15(9-12)18-19(27-16)20(30)28(11-25-18)8-7-17(29)26-13-3-2-4-14(10-13)31-21(22,23)24/h2-6,9-11,27H,7-8H2,1H3,(H,26,29). The Labute approximate surface area is 173 Å². The first kappa shape index (κ1) is 20.5. The van der Waals surface area contributed by atoms with Crippen LogP contribution in [-0.2, 0) is 11.3 Å². The first-order chi connectivity index (χ1) is 14.7. The second kappa shape index (κ2) is 7.78. The molecule has 0 bridgehead atoms. The van der Waals surface area contributed by atoms with E-state index in [9.17, 15) is 22.8 Å². The molecule has 0 aliphatic heterocycles. The number of carbonyl (C=O) groups is 1. The quantitative estimate of drug-likeness (QED) is 0.499. The molecule has 7 nitrogen and oxygen atoms in total. The van der Waals surface area contributed by atoms with Gasteiger partial charge in [-0.05, 0) is 31.2 Å². The third-order valence-corrected chi connectivity index (χ3v) is 4.66. The van der Waals surface area contributed by atoms with Crippen LogP contribution < -0.4 is 15.6 Å². The molecule has 0 unspecified atom stereocenters. The van der Waals surface area contributed by atoms with Crippen molar-refractivity contribution in [3.63, 3.8) is 0 Å². The average Bonchev–Trinajstić information content (AvgIpc) is 3.05. The van der Waals surface area contributed by atoms with E-state index in [0.29, 0.717) is 11.0 Å². The normalized spacial score (nSPS) is 11.7. The molecule has 2 N–H and O–H groups in total. The van der Waals surface area contributed by atoms with Crippen LogP contribution in [0.4, 0.5) is 18.9 Å². The van der Waals surface area contributed by atoms with Gasteiger partial charge in [0.1, 0.15) is 16.8 Å². The number of ether oxygens (including phenoxy) is 1. The van der Waals surface area contributed by atoms with Crippen LogP contribution in [0.1, 0.15) is 12.0 Å². The monoisotopic (exact) mass is 430 g/mol. The van der Waals surface area contributed by atoms with E-state index in [-0.39, 0.29) is 24.2 Å². The van der Waals surface area contributed by atoms with Crippen molar-refractivity contribution in [1.29, 1.82) is 0 Å². The molecule has 0 aliphatic rings. The van der Waals surface area contributed by atoms with E-state index >= 15 is 0 Å². The van der Waals surface area contributed by atoms with Crippen molar-refractivity contribution < 1.29 is 22.7 Å². The van der Waals surface area contributed by atoms with Gasteiger partial charge in [-0.2, -0.15) is 0 Å². The van der Waals surface area contributed by atoms with Crippen LogP contribution in [0.15, 0.2) is 53.6 Å². The highest BCUT2D eigenvalue weighted by Crippen LogP contribution is 2.25. The number of halogens is 3. The molecule has 2 aromatic carbocycles. The number of aromatic nitrogens is 3. The van der Waals surface area contributed by atoms with Crippen LogP contribution in [0.25, 0.3) is 21.9 Å². The summed E-state index contributed by atoms with van der Waals surface area (Å²) in [4.78, 5) is 32.4. The number of hydrogen-bond donors (Lipinski definition) is 2. The maximum Gasteiger partial charge on any atom is 0.573 e. The average molecular weight is 430 g/mol. The number of aryl methyl sites for hydroxylation is 2. The third-order valence-electron chi connectivity index (χ3n) is 4.66. The van der Waals surface area contributed by atoms with E-state index in [0.717, 1.165) is 28.6 Å². The van der Waals surface area contributed by atoms with Gasteiger partial charge in [0, 0.05) is 35.6 Å². The van der Waals surface area contributed by atoms with Gasteiger partial charge in [-0.25, -0.2) is 4.98 Å². The van der Waals surface area contributed by atoms with Crippen molar-refractivity contribution in [2.24, 2.45) is 0 Å². The molecule has 0 aliphatic carbocycles. The number of nitrogens with zero attached hydrogens (tertiary/aromatic N) is 2. The van der Waals surface area contributed by atoms with Crippen molar-refractivity contribution in [3.05, 3.63) is 64.7 Å². The number of benzene rings is 2. The van der Waals surface area contributed by atoms with Crippen LogP contribution in [0.3, 0.4) is 0 Å². The zero-order valence-electron chi connectivity index (χ0n) is 16.3. The fourth-order valence-corrected chi connectivity index (χ4v) is 3.28. The molecule has 10 heteroatoms. The molecular formula is C21H17F3N4O3. The number of amides is 1. The Morgan fingerprint density at radius 3 is 2.81 bits per heavy atom. The van der Waals surface area contributed by atoms with Crippen molar-refractivity contribution in [3.8, 4) is 5.75 Å². The second-order valence-electron chi connectivity index (χ2n) is 7.01. The highest BCUT2D eigenvalue weighted by molar-refractivity contribution is 6.04. The minimum absolute atomic E-state index is 0.0563. The molecule has 0 saturated heterocycles. The Hall–Kier alpha value is -3.82. The van der Waals surface area contributed by atoms with Gasteiger partial charge in [0.2, 0.25) is 5.91 Å². The van der Waals surface area contributed by atoms with Crippen molar-refractivity contribution in [1.82, 2.24) is 14.5 Å². The molecule has 4 rings (SSSR count). The molecule has 4 aromatic rings. The number of aromatic amines is 1. The first-order valence-corrected chi connectivity index (χ1v) is 9.33. The summed E-state index contributed by atoms with van der Waals surface area (Å²) in [5, 5.41) is 3.34. The summed E-state index contributed by atoms with van der Waals surface area (Å²) in [5.74, 6) is -0.909. The maximum atomic E-state index is 12.8. The molecule has 2 heterocycles. The van der Waals surface area contributed by atoms with Crippen LogP contribution in [0, 0.1) is 6.92 Å². The summed E-state index contributed by atoms with van der Waals surface area (Å²) < 4.78 is 42.1. The smallest absolute Gasteiger partial charge is 0.406 e. The van der Waals surface area contributed by atoms with Gasteiger partial charge >= 0.3 is 6.36 Å². The number of alkyl halides is 3. The predicted octanol–water partition coefficient (Wildman–Crippen LogP) is 4.11. The minimum Gasteiger partial charge on any atom is -0.406 e. The predicted molar refractivity (Wildman–Crippen MR) is 109 cm³/mol. The van der Waals surface area contributed by atoms with E-state index in [2.05, 4.69) is 20.0 Å². The van der Waals surface area contributed by atoms with Gasteiger partial charge in [-0.15, -0.1) is 13.2 Å². The number of anilines is 1. The topological polar surface area (TPSA) is 89.0 Å². The van der Waals surface area contributed by atoms with E-state index in [4.69, 9.17) is 0 Å². The maximum absolute atomic E-state index is 12.8. The summed E-state index contributed by atoms with van der Waals surface area (Å²) in [6.45, 7) is 2.00. The third kappa shape index (κ3) is 4.52. The van der Waals surface area contributed by atoms with Gasteiger partial charge in [-0.1, -0.05) is 17.7 Å². The molecule has 2 aromatic heterocycles. The molecule has 1 amide bonds. The lowest BCUT2D eigenvalue weighted by Gasteiger charge is -2.11. The van der Waals surface area contributed by atoms with Gasteiger partial charge in [0.25, 0.3) is 5.56 Å². The van der Waals surface area contributed by atoms with Crippen LogP contribution in [-0.4, -0.2) is 26.8 Å². The summed E-state index contributed by atoms with van der Waals surface area (Å²) in [6, 6.07) is 10.7. The zero-order valence-corrected chi connectivity index (χ0v) is 16.3. The molecule has 0 saturated carbocycles. The molecule has 160 valence electrons. The molecule has 0 atom stereocenters. The van der Waals surface area contributed by atoms with Crippen LogP contribution in [0.5, 0.6) is 5.75 Å². The SMILES string of the molecule is Cc1ccc2[nH]c3c(=O)n(CCC(=O)Nc4cccc(OC(F)(F)F)c4)cnc3c2c1. The number of H-pyrrole nitrogens is 1. The summed E-state index contributed by atoms with van der Waals surface area (Å²) in [5.41, 5.74) is 2.58. The largest absolute Gasteiger partial charge is 0.573 e. The van der Waals surface area contributed by atoms with Gasteiger partial charge in [0.05, 0.1) is 6.33 Å². The molecule has 31 heavy (non-hydrogen) atoms. The molecule has 0 spiro atoms. The number of hydrogen-bond acceptors (Lipinski definition) is 4. The number of rotatable bonds is 5. The lowest BCUT2D eigenvalue weighted by molar-refractivity contribution is -0.274. The van der Waals surface area contributed by atoms with Crippen LogP contribution in [0.2, 0.25) is 0 Å². The van der Waals surface area contributed by atoms with Gasteiger partial charge in [-0.3, -0.25) is 14.2 Å². The Morgan fingerprint density at radius 1 is 1.23 bits per heavy atom. The molecular weight excluding hydrogens is 413 g/mol. The summed E-state index contributed by atoms with van der Waals surface area (Å²) >= 11 is 0. The number of carbonyl (C=O) groups excluding carboxylic acids is 1. The van der Waals surface area contributed by atoms with Gasteiger partial charge in [0.15, 0.2) is 0 Å². The number of nitrogens with one attached hydrogen (secondary N) is 2. The Kier molecular flexibility index (Phi) is 5.14. The molecule has 0 radical (unpaired) electrons. The number of fused-ring (bicyclic) bond motifs is 3. The second-order valence-corrected chi connectivity index (χ2v) is 7.01. The van der Waals surface area contributed by atoms with Crippen molar-refractivity contribution in [2.75, 3.05) is 5.32 Å². The van der Waals surface area contributed by atoms with E-state index in [1.54, 1.807) is 0 Å². The lowest BCUT2D eigenvalue weighted by atomic mass is 10.2. The van der Waals surface area contributed by atoms with E-state index in [1.807, 2.05) is 25.1 Å². The first-order valence-electron chi connectivity index (χ1n) is 9.33. The van der Waals surface area contributed by atoms with Crippen LogP contribution >= 0.6 is 0 Å². The fourth-order valence-electron chi connectivity index (χ4n) is 3.28. The minimum atomic E-state index is -4.82. The van der Waals surface area contributed by atoms with E-state index < -0.39 is 18.0 Å². The highest BCUT2D eigenvalue weighted by Gasteiger charge is 2.31. The highest BCUT2D eigenvalue weighted by atomic mass is 19.4. The summed E-state index contributed by atoms with van der Waals surface area (Å²) in [6.07, 6.45) is -3.51. The summed E-state index contributed by atoms with van der Waals surface area (Å²) in [7, 11) is 0. The Morgan fingerprint density at radius 2 is 2.03 bits per heavy atom. The van der Waals surface area contributed by atoms with Gasteiger partial charge < -0.3 is 15.0 Å². The molecule has 0 fully saturated rings. The van der Waals surface area contributed by atoms with Crippen molar-refractivity contribution >= 4 is 33.5 Å². The Bertz CT molecular complexity index is 1340.